The Morgan fingerprint density at radius 3 is 2.43 bits per heavy atom. The molecule has 1 fully saturated rings. The van der Waals surface area contributed by atoms with Crippen molar-refractivity contribution in [3.63, 3.8) is 0 Å². The largest absolute Gasteiger partial charge is 0.573 e. The number of fused-ring (bicyclic) bond motifs is 1. The fourth-order valence-electron chi connectivity index (χ4n) is 3.69. The first-order valence-electron chi connectivity index (χ1n) is 9.40. The molecule has 3 aromatic rings. The number of benzene rings is 2. The average molecular weight is 417 g/mol. The molecule has 0 spiro atoms. The van der Waals surface area contributed by atoms with Crippen molar-refractivity contribution in [3.05, 3.63) is 70.1 Å². The van der Waals surface area contributed by atoms with E-state index >= 15 is 0 Å². The number of alkyl halides is 3. The molecule has 1 aromatic heterocycles. The normalized spacial score (nSPS) is 18.6. The van der Waals surface area contributed by atoms with Crippen molar-refractivity contribution in [2.75, 3.05) is 0 Å². The lowest BCUT2D eigenvalue weighted by Gasteiger charge is -2.36. The topological polar surface area (TPSA) is 84.1 Å². The molecule has 1 aliphatic carbocycles. The number of carbonyl (C=O) groups is 1. The highest BCUT2D eigenvalue weighted by Gasteiger charge is 2.33. The number of ether oxygens (including phenoxy) is 1. The third kappa shape index (κ3) is 4.45. The van der Waals surface area contributed by atoms with Crippen LogP contribution in [0.15, 0.2) is 53.3 Å². The van der Waals surface area contributed by atoms with Crippen LogP contribution in [0.25, 0.3) is 10.8 Å². The van der Waals surface area contributed by atoms with E-state index in [2.05, 4.69) is 20.3 Å². The number of hydrogen-bond acceptors (Lipinski definition) is 4. The van der Waals surface area contributed by atoms with Crippen LogP contribution < -0.4 is 15.6 Å². The van der Waals surface area contributed by atoms with E-state index in [9.17, 15) is 22.8 Å². The fourth-order valence-corrected chi connectivity index (χ4v) is 3.69. The van der Waals surface area contributed by atoms with Crippen molar-refractivity contribution < 1.29 is 22.7 Å². The quantitative estimate of drug-likeness (QED) is 0.666. The molecule has 0 unspecified atom stereocenters. The van der Waals surface area contributed by atoms with Gasteiger partial charge in [-0.05, 0) is 42.5 Å². The van der Waals surface area contributed by atoms with E-state index in [1.54, 1.807) is 36.4 Å². The highest BCUT2D eigenvalue weighted by atomic mass is 19.4. The maximum atomic E-state index is 12.4. The number of amides is 1. The first kappa shape index (κ1) is 19.9. The summed E-state index contributed by atoms with van der Waals surface area (Å²) in [5.74, 6) is -0.282. The number of halogens is 3. The lowest BCUT2D eigenvalue weighted by Crippen LogP contribution is -2.44. The predicted molar refractivity (Wildman–Crippen MR) is 103 cm³/mol. The molecule has 156 valence electrons. The number of rotatable bonds is 5. The van der Waals surface area contributed by atoms with Crippen LogP contribution in [0.3, 0.4) is 0 Å². The van der Waals surface area contributed by atoms with Gasteiger partial charge in [-0.25, -0.2) is 5.10 Å². The van der Waals surface area contributed by atoms with Crippen molar-refractivity contribution in [1.29, 1.82) is 0 Å². The molecule has 9 heteroatoms. The van der Waals surface area contributed by atoms with E-state index in [4.69, 9.17) is 0 Å². The molecule has 4 rings (SSSR count). The van der Waals surface area contributed by atoms with Crippen molar-refractivity contribution in [2.45, 2.75) is 37.6 Å². The predicted octanol–water partition coefficient (Wildman–Crippen LogP) is 3.43. The number of H-pyrrole nitrogens is 1. The molecular weight excluding hydrogens is 399 g/mol. The number of hydrogen-bond donors (Lipinski definition) is 2. The van der Waals surface area contributed by atoms with Gasteiger partial charge in [-0.2, -0.15) is 5.10 Å². The molecule has 2 aromatic carbocycles. The smallest absolute Gasteiger partial charge is 0.406 e. The zero-order valence-electron chi connectivity index (χ0n) is 15.7. The number of nitrogens with zero attached hydrogens (tertiary/aromatic N) is 1. The summed E-state index contributed by atoms with van der Waals surface area (Å²) in [6.45, 7) is 0. The third-order valence-electron chi connectivity index (χ3n) is 5.19. The van der Waals surface area contributed by atoms with Gasteiger partial charge in [0.1, 0.15) is 5.75 Å². The maximum absolute atomic E-state index is 12.4. The van der Waals surface area contributed by atoms with Crippen LogP contribution in [-0.4, -0.2) is 28.5 Å². The first-order chi connectivity index (χ1) is 14.3. The zero-order valence-corrected chi connectivity index (χ0v) is 15.7. The minimum absolute atomic E-state index is 0.0115. The molecule has 0 saturated heterocycles. The third-order valence-corrected chi connectivity index (χ3v) is 5.19. The lowest BCUT2D eigenvalue weighted by molar-refractivity contribution is -0.274. The van der Waals surface area contributed by atoms with Gasteiger partial charge in [0.2, 0.25) is 5.91 Å². The molecule has 0 radical (unpaired) electrons. The van der Waals surface area contributed by atoms with Gasteiger partial charge in [-0.15, -0.1) is 13.2 Å². The Labute approximate surface area is 169 Å². The van der Waals surface area contributed by atoms with Crippen LogP contribution in [0.1, 0.15) is 30.0 Å². The SMILES string of the molecule is O=C(Cc1n[nH]c(=O)c2ccccc12)NC1CC(c2ccc(OC(F)(F)F)cc2)C1. The highest BCUT2D eigenvalue weighted by molar-refractivity contribution is 5.88. The number of aromatic amines is 1. The Hall–Kier alpha value is -3.36. The second kappa shape index (κ2) is 7.81. The van der Waals surface area contributed by atoms with Gasteiger partial charge in [-0.1, -0.05) is 30.3 Å². The first-order valence-corrected chi connectivity index (χ1v) is 9.40. The van der Waals surface area contributed by atoms with E-state index in [1.165, 1.54) is 12.1 Å². The van der Waals surface area contributed by atoms with Crippen molar-refractivity contribution in [2.24, 2.45) is 0 Å². The summed E-state index contributed by atoms with van der Waals surface area (Å²) >= 11 is 0. The van der Waals surface area contributed by atoms with Gasteiger partial charge in [0, 0.05) is 11.4 Å². The molecule has 0 bridgehead atoms. The van der Waals surface area contributed by atoms with Crippen LogP contribution in [0, 0.1) is 0 Å². The van der Waals surface area contributed by atoms with Gasteiger partial charge < -0.3 is 10.1 Å². The van der Waals surface area contributed by atoms with E-state index in [1.807, 2.05) is 0 Å². The minimum atomic E-state index is -4.71. The van der Waals surface area contributed by atoms with E-state index in [0.717, 1.165) is 5.56 Å². The van der Waals surface area contributed by atoms with E-state index in [0.29, 0.717) is 29.3 Å². The summed E-state index contributed by atoms with van der Waals surface area (Å²) in [6, 6.07) is 12.8. The summed E-state index contributed by atoms with van der Waals surface area (Å²) in [5.41, 5.74) is 1.10. The van der Waals surface area contributed by atoms with Gasteiger partial charge in [0.25, 0.3) is 5.56 Å². The molecule has 0 aliphatic heterocycles. The van der Waals surface area contributed by atoms with E-state index in [-0.39, 0.29) is 35.6 Å². The Balaban J connectivity index is 1.32. The van der Waals surface area contributed by atoms with Crippen LogP contribution in [0.5, 0.6) is 5.75 Å². The second-order valence-electron chi connectivity index (χ2n) is 7.27. The van der Waals surface area contributed by atoms with Crippen LogP contribution in [-0.2, 0) is 11.2 Å². The highest BCUT2D eigenvalue weighted by Crippen LogP contribution is 2.37. The summed E-state index contributed by atoms with van der Waals surface area (Å²) < 4.78 is 40.6. The Bertz CT molecular complexity index is 1120. The molecule has 1 heterocycles. The summed E-state index contributed by atoms with van der Waals surface area (Å²) in [5, 5.41) is 10.5. The summed E-state index contributed by atoms with van der Waals surface area (Å²) in [6.07, 6.45) is -3.27. The molecule has 1 aliphatic rings. The monoisotopic (exact) mass is 417 g/mol. The van der Waals surface area contributed by atoms with Crippen LogP contribution in [0.4, 0.5) is 13.2 Å². The molecule has 6 nitrogen and oxygen atoms in total. The number of carbonyl (C=O) groups excluding carboxylic acids is 1. The van der Waals surface area contributed by atoms with Crippen molar-refractivity contribution >= 4 is 16.7 Å². The molecular formula is C21H18F3N3O3. The second-order valence-corrected chi connectivity index (χ2v) is 7.27. The molecule has 1 amide bonds. The van der Waals surface area contributed by atoms with Crippen molar-refractivity contribution in [3.8, 4) is 5.75 Å². The van der Waals surface area contributed by atoms with Gasteiger partial charge >= 0.3 is 6.36 Å². The minimum Gasteiger partial charge on any atom is -0.406 e. The van der Waals surface area contributed by atoms with Gasteiger partial charge in [0.15, 0.2) is 0 Å². The van der Waals surface area contributed by atoms with Gasteiger partial charge in [0.05, 0.1) is 17.5 Å². The number of nitrogens with one attached hydrogen (secondary N) is 2. The van der Waals surface area contributed by atoms with Crippen LogP contribution in [0.2, 0.25) is 0 Å². The van der Waals surface area contributed by atoms with Crippen LogP contribution >= 0.6 is 0 Å². The number of aromatic nitrogens is 2. The molecule has 0 atom stereocenters. The van der Waals surface area contributed by atoms with E-state index < -0.39 is 6.36 Å². The molecule has 2 N–H and O–H groups in total. The average Bonchev–Trinajstić information content (AvgIpc) is 2.66. The summed E-state index contributed by atoms with van der Waals surface area (Å²) in [4.78, 5) is 24.2. The molecule has 30 heavy (non-hydrogen) atoms. The lowest BCUT2D eigenvalue weighted by atomic mass is 9.76. The standard InChI is InChI=1S/C21H18F3N3O3/c22-21(23,24)30-15-7-5-12(6-8-15)13-9-14(10-13)25-19(28)11-18-16-3-1-2-4-17(16)20(29)27-26-18/h1-8,13-14H,9-11H2,(H,25,28)(H,27,29). The Morgan fingerprint density at radius 1 is 1.10 bits per heavy atom. The fraction of sp³-hybridized carbons (Fsp3) is 0.286. The zero-order chi connectivity index (χ0) is 21.3. The maximum Gasteiger partial charge on any atom is 0.573 e. The van der Waals surface area contributed by atoms with Crippen molar-refractivity contribution in [1.82, 2.24) is 15.5 Å². The van der Waals surface area contributed by atoms with Gasteiger partial charge in [-0.3, -0.25) is 9.59 Å². The summed E-state index contributed by atoms with van der Waals surface area (Å²) in [7, 11) is 0. The Morgan fingerprint density at radius 2 is 1.77 bits per heavy atom. The molecule has 1 saturated carbocycles. The Kier molecular flexibility index (Phi) is 5.19.